The third-order valence-electron chi connectivity index (χ3n) is 5.44. The van der Waals surface area contributed by atoms with Crippen LogP contribution in [0.1, 0.15) is 55.1 Å². The van der Waals surface area contributed by atoms with E-state index in [4.69, 9.17) is 16.3 Å². The molecule has 0 unspecified atom stereocenters. The highest BCUT2D eigenvalue weighted by Crippen LogP contribution is 2.28. The van der Waals surface area contributed by atoms with Gasteiger partial charge in [-0.2, -0.15) is 0 Å². The van der Waals surface area contributed by atoms with Crippen LogP contribution >= 0.6 is 11.6 Å². The summed E-state index contributed by atoms with van der Waals surface area (Å²) in [4.78, 5) is 25.8. The summed E-state index contributed by atoms with van der Waals surface area (Å²) in [6.45, 7) is 8.58. The summed E-state index contributed by atoms with van der Waals surface area (Å²) in [6.07, 6.45) is 1.00. The fraction of sp³-hybridized carbons (Fsp3) is 0.286. The Kier molecular flexibility index (Phi) is 8.72. The molecule has 0 heterocycles. The quantitative estimate of drug-likeness (QED) is 0.350. The molecule has 3 rings (SSSR count). The van der Waals surface area contributed by atoms with Crippen LogP contribution in [-0.2, 0) is 11.2 Å². The fourth-order valence-electron chi connectivity index (χ4n) is 3.61. The van der Waals surface area contributed by atoms with Gasteiger partial charge >= 0.3 is 0 Å². The van der Waals surface area contributed by atoms with Crippen LogP contribution in [0.4, 0.5) is 11.4 Å². The van der Waals surface area contributed by atoms with E-state index in [1.165, 1.54) is 5.56 Å². The lowest BCUT2D eigenvalue weighted by molar-refractivity contribution is -0.117. The first-order valence-corrected chi connectivity index (χ1v) is 11.9. The lowest BCUT2D eigenvalue weighted by atomic mass is 9.96. The predicted molar refractivity (Wildman–Crippen MR) is 139 cm³/mol. The van der Waals surface area contributed by atoms with Crippen molar-refractivity contribution in [2.24, 2.45) is 5.92 Å². The van der Waals surface area contributed by atoms with Gasteiger partial charge in [0.15, 0.2) is 0 Å². The number of para-hydroxylation sites is 2. The monoisotopic (exact) mass is 478 g/mol. The molecular formula is C28H31ClN2O3. The number of benzene rings is 3. The molecule has 0 bridgehead atoms. The highest BCUT2D eigenvalue weighted by atomic mass is 35.5. The SMILES string of the molecule is CCOc1ccccc1NC(=O)c1ccc(Cl)c(NC(=O)[C@@H](C)c2ccc(CC(C)C)cc2)c1. The van der Waals surface area contributed by atoms with Crippen molar-refractivity contribution in [3.05, 3.63) is 88.4 Å². The van der Waals surface area contributed by atoms with Gasteiger partial charge in [-0.25, -0.2) is 0 Å². The molecule has 2 N–H and O–H groups in total. The zero-order valence-corrected chi connectivity index (χ0v) is 20.8. The topological polar surface area (TPSA) is 67.4 Å². The summed E-state index contributed by atoms with van der Waals surface area (Å²) >= 11 is 6.33. The molecule has 2 amide bonds. The Labute approximate surface area is 206 Å². The van der Waals surface area contributed by atoms with Gasteiger partial charge in [0.2, 0.25) is 5.91 Å². The smallest absolute Gasteiger partial charge is 0.255 e. The maximum absolute atomic E-state index is 12.9. The van der Waals surface area contributed by atoms with Gasteiger partial charge in [-0.05, 0) is 67.6 Å². The molecule has 0 radical (unpaired) electrons. The van der Waals surface area contributed by atoms with E-state index >= 15 is 0 Å². The fourth-order valence-corrected chi connectivity index (χ4v) is 3.78. The molecule has 5 nitrogen and oxygen atoms in total. The van der Waals surface area contributed by atoms with E-state index in [1.807, 2.05) is 38.1 Å². The second-order valence-electron chi connectivity index (χ2n) is 8.63. The highest BCUT2D eigenvalue weighted by Gasteiger charge is 2.18. The Balaban J connectivity index is 1.72. The molecule has 0 spiro atoms. The van der Waals surface area contributed by atoms with Crippen molar-refractivity contribution in [1.82, 2.24) is 0 Å². The van der Waals surface area contributed by atoms with E-state index in [9.17, 15) is 9.59 Å². The van der Waals surface area contributed by atoms with E-state index in [0.29, 0.717) is 40.2 Å². The standard InChI is InChI=1S/C28H31ClN2O3/c1-5-34-26-9-7-6-8-24(26)30-28(33)22-14-15-23(29)25(17-22)31-27(32)19(4)21-12-10-20(11-13-21)16-18(2)3/h6-15,17-19H,5,16H2,1-4H3,(H,30,33)(H,31,32)/t19-/m0/s1. The lowest BCUT2D eigenvalue weighted by Gasteiger charge is -2.15. The van der Waals surface area contributed by atoms with Crippen LogP contribution in [0.15, 0.2) is 66.7 Å². The molecule has 3 aromatic carbocycles. The number of carbonyl (C=O) groups excluding carboxylic acids is 2. The number of rotatable bonds is 9. The molecule has 34 heavy (non-hydrogen) atoms. The molecular weight excluding hydrogens is 448 g/mol. The van der Waals surface area contributed by atoms with Gasteiger partial charge in [-0.15, -0.1) is 0 Å². The number of halogens is 1. The molecule has 3 aromatic rings. The maximum Gasteiger partial charge on any atom is 0.255 e. The Morgan fingerprint density at radius 1 is 0.912 bits per heavy atom. The first-order chi connectivity index (χ1) is 16.3. The lowest BCUT2D eigenvalue weighted by Crippen LogP contribution is -2.20. The molecule has 178 valence electrons. The van der Waals surface area contributed by atoms with Gasteiger partial charge in [0.25, 0.3) is 5.91 Å². The Bertz CT molecular complexity index is 1140. The van der Waals surface area contributed by atoms with Crippen LogP contribution in [0.3, 0.4) is 0 Å². The van der Waals surface area contributed by atoms with Crippen molar-refractivity contribution in [3.63, 3.8) is 0 Å². The number of ether oxygens (including phenoxy) is 1. The third-order valence-corrected chi connectivity index (χ3v) is 5.77. The molecule has 0 aromatic heterocycles. The van der Waals surface area contributed by atoms with E-state index in [2.05, 4.69) is 36.6 Å². The summed E-state index contributed by atoms with van der Waals surface area (Å²) in [6, 6.07) is 20.1. The summed E-state index contributed by atoms with van der Waals surface area (Å²) < 4.78 is 5.57. The minimum atomic E-state index is -0.375. The summed E-state index contributed by atoms with van der Waals surface area (Å²) in [5.41, 5.74) is 3.50. The zero-order valence-electron chi connectivity index (χ0n) is 20.0. The van der Waals surface area contributed by atoms with E-state index in [1.54, 1.807) is 30.3 Å². The zero-order chi connectivity index (χ0) is 24.7. The van der Waals surface area contributed by atoms with Crippen molar-refractivity contribution in [2.45, 2.75) is 40.0 Å². The van der Waals surface area contributed by atoms with Crippen LogP contribution in [0.5, 0.6) is 5.75 Å². The van der Waals surface area contributed by atoms with Gasteiger partial charge in [-0.3, -0.25) is 9.59 Å². The molecule has 0 saturated carbocycles. The van der Waals surface area contributed by atoms with Crippen molar-refractivity contribution in [2.75, 3.05) is 17.2 Å². The molecule has 0 aliphatic carbocycles. The Hall–Kier alpha value is -3.31. The number of anilines is 2. The molecule has 0 aliphatic rings. The number of carbonyl (C=O) groups is 2. The summed E-state index contributed by atoms with van der Waals surface area (Å²) in [5, 5.41) is 6.09. The Morgan fingerprint density at radius 2 is 1.62 bits per heavy atom. The van der Waals surface area contributed by atoms with Gasteiger partial charge in [0.1, 0.15) is 5.75 Å². The van der Waals surface area contributed by atoms with Crippen LogP contribution in [0, 0.1) is 5.92 Å². The van der Waals surface area contributed by atoms with Crippen molar-refractivity contribution in [1.29, 1.82) is 0 Å². The normalized spacial score (nSPS) is 11.7. The van der Waals surface area contributed by atoms with Crippen molar-refractivity contribution >= 4 is 34.8 Å². The number of hydrogen-bond acceptors (Lipinski definition) is 3. The number of amides is 2. The van der Waals surface area contributed by atoms with Gasteiger partial charge < -0.3 is 15.4 Å². The summed E-state index contributed by atoms with van der Waals surface area (Å²) in [5.74, 6) is 0.269. The van der Waals surface area contributed by atoms with E-state index in [-0.39, 0.29) is 17.7 Å². The van der Waals surface area contributed by atoms with Crippen molar-refractivity contribution < 1.29 is 14.3 Å². The van der Waals surface area contributed by atoms with Crippen LogP contribution in [-0.4, -0.2) is 18.4 Å². The molecule has 0 saturated heterocycles. The van der Waals surface area contributed by atoms with Crippen molar-refractivity contribution in [3.8, 4) is 5.75 Å². The van der Waals surface area contributed by atoms with Crippen LogP contribution in [0.25, 0.3) is 0 Å². The predicted octanol–water partition coefficient (Wildman–Crippen LogP) is 6.93. The molecule has 0 aliphatic heterocycles. The number of nitrogens with one attached hydrogen (secondary N) is 2. The first-order valence-electron chi connectivity index (χ1n) is 11.5. The van der Waals surface area contributed by atoms with Gasteiger partial charge in [0.05, 0.1) is 28.9 Å². The van der Waals surface area contributed by atoms with E-state index in [0.717, 1.165) is 12.0 Å². The largest absolute Gasteiger partial charge is 0.492 e. The molecule has 0 fully saturated rings. The average Bonchev–Trinajstić information content (AvgIpc) is 2.81. The second-order valence-corrected chi connectivity index (χ2v) is 9.04. The second kappa shape index (κ2) is 11.7. The highest BCUT2D eigenvalue weighted by molar-refractivity contribution is 6.34. The maximum atomic E-state index is 12.9. The van der Waals surface area contributed by atoms with Crippen LogP contribution < -0.4 is 15.4 Å². The minimum absolute atomic E-state index is 0.197. The molecule has 6 heteroatoms. The average molecular weight is 479 g/mol. The van der Waals surface area contributed by atoms with E-state index < -0.39 is 0 Å². The van der Waals surface area contributed by atoms with Gasteiger partial charge in [-0.1, -0.05) is 61.8 Å². The minimum Gasteiger partial charge on any atom is -0.492 e. The summed E-state index contributed by atoms with van der Waals surface area (Å²) in [7, 11) is 0. The van der Waals surface area contributed by atoms with Crippen LogP contribution in [0.2, 0.25) is 5.02 Å². The van der Waals surface area contributed by atoms with Gasteiger partial charge in [0, 0.05) is 5.56 Å². The third kappa shape index (κ3) is 6.61. The molecule has 1 atom stereocenters. The number of hydrogen-bond donors (Lipinski definition) is 2. The first kappa shape index (κ1) is 25.3. The Morgan fingerprint density at radius 3 is 2.29 bits per heavy atom.